The molecular formula is C19H22N2O. The van der Waals surface area contributed by atoms with E-state index < -0.39 is 0 Å². The summed E-state index contributed by atoms with van der Waals surface area (Å²) in [5.74, 6) is 0.386. The average Bonchev–Trinajstić information content (AvgIpc) is 2.88. The highest BCUT2D eigenvalue weighted by Crippen LogP contribution is 2.42. The lowest BCUT2D eigenvalue weighted by molar-refractivity contribution is 0.208. The van der Waals surface area contributed by atoms with Crippen LogP contribution in [-0.4, -0.2) is 40.8 Å². The van der Waals surface area contributed by atoms with Crippen LogP contribution in [0.5, 0.6) is 0 Å². The zero-order valence-electron chi connectivity index (χ0n) is 13.0. The van der Waals surface area contributed by atoms with Gasteiger partial charge >= 0.3 is 0 Å². The number of hydrogen-bond acceptors (Lipinski definition) is 2. The molecule has 3 nitrogen and oxygen atoms in total. The van der Waals surface area contributed by atoms with Crippen molar-refractivity contribution in [2.75, 3.05) is 20.2 Å². The smallest absolute Gasteiger partial charge is 0.0654 e. The van der Waals surface area contributed by atoms with Crippen LogP contribution in [0.1, 0.15) is 17.0 Å². The Bertz CT molecular complexity index is 771. The molecule has 2 aliphatic rings. The standard InChI is InChI=1S/C19H22N2O/c1-3-7-21-11-14-9-18-16(8-13(12-22)10-20(18)2)15-5-4-6-17(21)19(14)15/h3-6,8,11,16,18,22H,1,7,9-10,12H2,2H3/t16-,18-/m1/s1. The lowest BCUT2D eigenvalue weighted by Gasteiger charge is -2.41. The summed E-state index contributed by atoms with van der Waals surface area (Å²) in [5, 5.41) is 11.0. The lowest BCUT2D eigenvalue weighted by atomic mass is 9.77. The van der Waals surface area contributed by atoms with Crippen molar-refractivity contribution in [3.8, 4) is 0 Å². The molecule has 0 bridgehead atoms. The Kier molecular flexibility index (Phi) is 3.21. The molecule has 0 saturated heterocycles. The van der Waals surface area contributed by atoms with Gasteiger partial charge in [0.1, 0.15) is 0 Å². The molecule has 0 radical (unpaired) electrons. The van der Waals surface area contributed by atoms with Gasteiger partial charge in [-0.25, -0.2) is 0 Å². The van der Waals surface area contributed by atoms with Crippen LogP contribution < -0.4 is 0 Å². The van der Waals surface area contributed by atoms with Gasteiger partial charge in [0.15, 0.2) is 0 Å². The second-order valence-corrected chi connectivity index (χ2v) is 6.53. The molecule has 2 atom stereocenters. The van der Waals surface area contributed by atoms with Gasteiger partial charge in [-0.15, -0.1) is 6.58 Å². The van der Waals surface area contributed by atoms with Crippen LogP contribution >= 0.6 is 0 Å². The van der Waals surface area contributed by atoms with Crippen LogP contribution in [-0.2, 0) is 13.0 Å². The van der Waals surface area contributed by atoms with Crippen molar-refractivity contribution >= 4 is 10.9 Å². The molecule has 1 N–H and O–H groups in total. The van der Waals surface area contributed by atoms with Crippen LogP contribution in [0, 0.1) is 0 Å². The van der Waals surface area contributed by atoms with Crippen LogP contribution in [0.2, 0.25) is 0 Å². The number of aliphatic hydroxyl groups excluding tert-OH is 1. The van der Waals surface area contributed by atoms with E-state index in [1.807, 2.05) is 6.08 Å². The summed E-state index contributed by atoms with van der Waals surface area (Å²) in [6.45, 7) is 5.76. The number of aliphatic hydroxyl groups is 1. The highest BCUT2D eigenvalue weighted by atomic mass is 16.3. The van der Waals surface area contributed by atoms with E-state index in [1.165, 1.54) is 22.0 Å². The van der Waals surface area contributed by atoms with Crippen LogP contribution in [0.25, 0.3) is 10.9 Å². The van der Waals surface area contributed by atoms with E-state index in [1.54, 1.807) is 0 Å². The minimum absolute atomic E-state index is 0.161. The van der Waals surface area contributed by atoms with E-state index in [4.69, 9.17) is 0 Å². The number of allylic oxidation sites excluding steroid dienone is 1. The first kappa shape index (κ1) is 13.8. The van der Waals surface area contributed by atoms with Gasteiger partial charge in [0.05, 0.1) is 6.61 Å². The first-order valence-corrected chi connectivity index (χ1v) is 7.95. The van der Waals surface area contributed by atoms with E-state index >= 15 is 0 Å². The van der Waals surface area contributed by atoms with Gasteiger partial charge in [0.25, 0.3) is 0 Å². The second kappa shape index (κ2) is 5.11. The summed E-state index contributed by atoms with van der Waals surface area (Å²) in [6.07, 6.45) is 7.63. The van der Waals surface area contributed by atoms with Crippen molar-refractivity contribution in [3.63, 3.8) is 0 Å². The Hall–Kier alpha value is -1.84. The zero-order valence-corrected chi connectivity index (χ0v) is 13.0. The molecule has 0 amide bonds. The maximum Gasteiger partial charge on any atom is 0.0654 e. The van der Waals surface area contributed by atoms with Gasteiger partial charge in [-0.3, -0.25) is 4.90 Å². The van der Waals surface area contributed by atoms with Crippen molar-refractivity contribution < 1.29 is 5.11 Å². The van der Waals surface area contributed by atoms with E-state index in [0.29, 0.717) is 12.0 Å². The van der Waals surface area contributed by atoms with E-state index in [-0.39, 0.29) is 6.61 Å². The second-order valence-electron chi connectivity index (χ2n) is 6.53. The van der Waals surface area contributed by atoms with Crippen LogP contribution in [0.15, 0.2) is 48.7 Å². The van der Waals surface area contributed by atoms with E-state index in [9.17, 15) is 5.11 Å². The van der Waals surface area contributed by atoms with Crippen molar-refractivity contribution in [1.82, 2.24) is 9.47 Å². The molecule has 2 aromatic rings. The number of nitrogens with zero attached hydrogens (tertiary/aromatic N) is 2. The average molecular weight is 294 g/mol. The molecule has 2 heterocycles. The highest BCUT2D eigenvalue weighted by Gasteiger charge is 2.35. The lowest BCUT2D eigenvalue weighted by Crippen LogP contribution is -2.44. The normalized spacial score (nSPS) is 24.2. The molecule has 1 aliphatic carbocycles. The first-order valence-electron chi connectivity index (χ1n) is 7.95. The minimum Gasteiger partial charge on any atom is -0.392 e. The Morgan fingerprint density at radius 3 is 3.05 bits per heavy atom. The fourth-order valence-corrected chi connectivity index (χ4v) is 4.23. The largest absolute Gasteiger partial charge is 0.392 e. The molecule has 114 valence electrons. The molecule has 3 heteroatoms. The monoisotopic (exact) mass is 294 g/mol. The topological polar surface area (TPSA) is 28.4 Å². The number of fused-ring (bicyclic) bond motifs is 2. The summed E-state index contributed by atoms with van der Waals surface area (Å²) in [7, 11) is 2.17. The van der Waals surface area contributed by atoms with Crippen molar-refractivity contribution in [1.29, 1.82) is 0 Å². The summed E-state index contributed by atoms with van der Waals surface area (Å²) in [4.78, 5) is 2.39. The Morgan fingerprint density at radius 2 is 2.27 bits per heavy atom. The van der Waals surface area contributed by atoms with Gasteiger partial charge in [0, 0.05) is 42.1 Å². The Labute approximate surface area is 131 Å². The first-order chi connectivity index (χ1) is 10.7. The number of benzene rings is 1. The SMILES string of the molecule is C=CCn1cc2c3c(cccc31)[C@H]1C=C(CO)CN(C)[C@@H]1C2. The third-order valence-corrected chi connectivity index (χ3v) is 5.18. The fourth-order valence-electron chi connectivity index (χ4n) is 4.23. The molecule has 1 aromatic heterocycles. The molecule has 1 aromatic carbocycles. The molecule has 22 heavy (non-hydrogen) atoms. The quantitative estimate of drug-likeness (QED) is 0.882. The highest BCUT2D eigenvalue weighted by molar-refractivity contribution is 5.89. The van der Waals surface area contributed by atoms with Gasteiger partial charge < -0.3 is 9.67 Å². The molecule has 0 unspecified atom stereocenters. The van der Waals surface area contributed by atoms with E-state index in [2.05, 4.69) is 53.6 Å². The van der Waals surface area contributed by atoms with Crippen molar-refractivity contribution in [2.24, 2.45) is 0 Å². The van der Waals surface area contributed by atoms with Gasteiger partial charge in [-0.05, 0) is 36.2 Å². The number of rotatable bonds is 3. The zero-order chi connectivity index (χ0) is 15.3. The summed E-state index contributed by atoms with van der Waals surface area (Å²) < 4.78 is 2.30. The molecule has 4 rings (SSSR count). The maximum atomic E-state index is 9.55. The molecule has 0 fully saturated rings. The molecule has 1 aliphatic heterocycles. The number of hydrogen-bond donors (Lipinski definition) is 1. The van der Waals surface area contributed by atoms with Gasteiger partial charge in [-0.1, -0.05) is 24.3 Å². The number of likely N-dealkylation sites (N-methyl/N-ethyl adjacent to an activating group) is 1. The number of aromatic nitrogens is 1. The fraction of sp³-hybridized carbons (Fsp3) is 0.368. The predicted molar refractivity (Wildman–Crippen MR) is 90.2 cm³/mol. The summed E-state index contributed by atoms with van der Waals surface area (Å²) in [5.41, 5.74) is 5.29. The van der Waals surface area contributed by atoms with Crippen molar-refractivity contribution in [2.45, 2.75) is 24.9 Å². The molecule has 0 spiro atoms. The van der Waals surface area contributed by atoms with E-state index in [0.717, 1.165) is 25.1 Å². The Morgan fingerprint density at radius 1 is 1.41 bits per heavy atom. The van der Waals surface area contributed by atoms with Gasteiger partial charge in [0.2, 0.25) is 0 Å². The summed E-state index contributed by atoms with van der Waals surface area (Å²) in [6, 6.07) is 7.11. The third-order valence-electron chi connectivity index (χ3n) is 5.18. The van der Waals surface area contributed by atoms with Crippen LogP contribution in [0.4, 0.5) is 0 Å². The van der Waals surface area contributed by atoms with Gasteiger partial charge in [-0.2, -0.15) is 0 Å². The molecule has 0 saturated carbocycles. The molecular weight excluding hydrogens is 272 g/mol. The predicted octanol–water partition coefficient (Wildman–Crippen LogP) is 2.70. The Balaban J connectivity index is 1.93. The van der Waals surface area contributed by atoms with Crippen molar-refractivity contribution in [3.05, 3.63) is 59.8 Å². The van der Waals surface area contributed by atoms with Crippen LogP contribution in [0.3, 0.4) is 0 Å². The maximum absolute atomic E-state index is 9.55. The summed E-state index contributed by atoms with van der Waals surface area (Å²) >= 11 is 0. The minimum atomic E-state index is 0.161. The third kappa shape index (κ3) is 1.89.